The Labute approximate surface area is 162 Å². The van der Waals surface area contributed by atoms with Crippen molar-refractivity contribution in [1.29, 1.82) is 0 Å². The second-order valence-corrected chi connectivity index (χ2v) is 7.68. The van der Waals surface area contributed by atoms with Crippen molar-refractivity contribution < 1.29 is 19.1 Å². The van der Waals surface area contributed by atoms with E-state index in [1.54, 1.807) is 16.8 Å². The number of hydrogen-bond acceptors (Lipinski definition) is 3. The molecule has 7 heteroatoms. The summed E-state index contributed by atoms with van der Waals surface area (Å²) < 4.78 is 15.0. The zero-order valence-electron chi connectivity index (χ0n) is 15.7. The third kappa shape index (κ3) is 3.53. The molecule has 1 aromatic heterocycles. The van der Waals surface area contributed by atoms with Gasteiger partial charge in [0.15, 0.2) is 5.69 Å². The molecule has 2 aliphatic carbocycles. The Morgan fingerprint density at radius 3 is 2.57 bits per heavy atom. The van der Waals surface area contributed by atoms with Crippen LogP contribution < -0.4 is 5.32 Å². The number of carboxylic acids is 1. The monoisotopic (exact) mass is 385 g/mol. The Bertz CT molecular complexity index is 891. The quantitative estimate of drug-likeness (QED) is 0.791. The highest BCUT2D eigenvalue weighted by Gasteiger charge is 2.33. The lowest BCUT2D eigenvalue weighted by molar-refractivity contribution is -0.142. The molecule has 4 rings (SSSR count). The third-order valence-electron chi connectivity index (χ3n) is 5.87. The first-order chi connectivity index (χ1) is 13.5. The molecule has 2 atom stereocenters. The number of aliphatic carboxylic acids is 1. The topological polar surface area (TPSA) is 84.2 Å². The molecule has 1 aromatic carbocycles. The molecule has 0 spiro atoms. The highest BCUT2D eigenvalue weighted by Crippen LogP contribution is 2.29. The third-order valence-corrected chi connectivity index (χ3v) is 5.87. The number of carbonyl (C=O) groups is 2. The smallest absolute Gasteiger partial charge is 0.308 e. The molecule has 1 fully saturated rings. The van der Waals surface area contributed by atoms with Crippen LogP contribution in [0.25, 0.3) is 5.69 Å². The number of amides is 1. The second kappa shape index (κ2) is 7.73. The van der Waals surface area contributed by atoms with Crippen molar-refractivity contribution >= 4 is 11.9 Å². The van der Waals surface area contributed by atoms with E-state index in [4.69, 9.17) is 0 Å². The summed E-state index contributed by atoms with van der Waals surface area (Å²) in [4.78, 5) is 24.6. The van der Waals surface area contributed by atoms with Crippen LogP contribution in [0.1, 0.15) is 60.3 Å². The fourth-order valence-electron chi connectivity index (χ4n) is 4.43. The summed E-state index contributed by atoms with van der Waals surface area (Å²) in [7, 11) is 0. The molecule has 1 amide bonds. The fourth-order valence-corrected chi connectivity index (χ4v) is 4.43. The van der Waals surface area contributed by atoms with Crippen molar-refractivity contribution in [2.75, 3.05) is 0 Å². The van der Waals surface area contributed by atoms with Gasteiger partial charge in [0.2, 0.25) is 0 Å². The number of nitrogens with one attached hydrogen (secondary N) is 1. The highest BCUT2D eigenvalue weighted by atomic mass is 19.1. The van der Waals surface area contributed by atoms with Crippen LogP contribution >= 0.6 is 0 Å². The van der Waals surface area contributed by atoms with Crippen molar-refractivity contribution in [2.45, 2.75) is 57.4 Å². The summed E-state index contributed by atoms with van der Waals surface area (Å²) in [6.07, 6.45) is 6.56. The van der Waals surface area contributed by atoms with Gasteiger partial charge in [0.25, 0.3) is 5.91 Å². The summed E-state index contributed by atoms with van der Waals surface area (Å²) >= 11 is 0. The molecule has 148 valence electrons. The van der Waals surface area contributed by atoms with E-state index in [9.17, 15) is 19.1 Å². The van der Waals surface area contributed by atoms with Crippen LogP contribution in [0, 0.1) is 11.7 Å². The van der Waals surface area contributed by atoms with Crippen LogP contribution in [0.5, 0.6) is 0 Å². The van der Waals surface area contributed by atoms with Crippen LogP contribution in [0.2, 0.25) is 0 Å². The molecule has 0 unspecified atom stereocenters. The van der Waals surface area contributed by atoms with E-state index in [-0.39, 0.29) is 17.8 Å². The van der Waals surface area contributed by atoms with Crippen molar-refractivity contribution in [2.24, 2.45) is 5.92 Å². The van der Waals surface area contributed by atoms with Crippen LogP contribution in [0.3, 0.4) is 0 Å². The lowest BCUT2D eigenvalue weighted by Crippen LogP contribution is -2.43. The minimum absolute atomic E-state index is 0.308. The molecule has 0 aliphatic heterocycles. The molecular formula is C21H24FN3O3. The molecule has 2 aromatic rings. The average molecular weight is 385 g/mol. The number of hydrogen-bond donors (Lipinski definition) is 2. The lowest BCUT2D eigenvalue weighted by atomic mass is 9.94. The van der Waals surface area contributed by atoms with Crippen molar-refractivity contribution in [1.82, 2.24) is 15.1 Å². The molecule has 2 aliphatic rings. The molecule has 1 heterocycles. The molecule has 2 N–H and O–H groups in total. The number of nitrogens with zero attached hydrogens (tertiary/aromatic N) is 2. The number of fused-ring (bicyclic) bond motifs is 1. The van der Waals surface area contributed by atoms with E-state index in [2.05, 4.69) is 10.4 Å². The minimum Gasteiger partial charge on any atom is -0.481 e. The largest absolute Gasteiger partial charge is 0.481 e. The maximum absolute atomic E-state index is 13.3. The number of carboxylic acid groups (broad SMARTS) is 1. The van der Waals surface area contributed by atoms with Gasteiger partial charge in [0.1, 0.15) is 5.82 Å². The van der Waals surface area contributed by atoms with E-state index in [0.717, 1.165) is 55.5 Å². The van der Waals surface area contributed by atoms with Crippen LogP contribution in [-0.2, 0) is 17.6 Å². The van der Waals surface area contributed by atoms with E-state index >= 15 is 0 Å². The first kappa shape index (κ1) is 18.7. The van der Waals surface area contributed by atoms with Gasteiger partial charge in [0.05, 0.1) is 11.6 Å². The Morgan fingerprint density at radius 1 is 1.07 bits per heavy atom. The minimum atomic E-state index is -0.853. The molecule has 6 nitrogen and oxygen atoms in total. The molecule has 28 heavy (non-hydrogen) atoms. The van der Waals surface area contributed by atoms with Gasteiger partial charge in [-0.2, -0.15) is 5.10 Å². The number of aromatic nitrogens is 2. The van der Waals surface area contributed by atoms with Gasteiger partial charge in [-0.3, -0.25) is 9.59 Å². The first-order valence-electron chi connectivity index (χ1n) is 9.95. The predicted molar refractivity (Wildman–Crippen MR) is 101 cm³/mol. The number of benzene rings is 1. The SMILES string of the molecule is O=C(N[C@H]1CCCCC[C@H]1C(=O)O)c1nn(-c2ccc(F)cc2)c2c1CCC2. The molecule has 0 bridgehead atoms. The highest BCUT2D eigenvalue weighted by molar-refractivity contribution is 5.94. The zero-order valence-corrected chi connectivity index (χ0v) is 15.7. The Balaban J connectivity index is 1.62. The van der Waals surface area contributed by atoms with E-state index < -0.39 is 11.9 Å². The van der Waals surface area contributed by atoms with Crippen molar-refractivity contribution in [3.05, 3.63) is 47.0 Å². The Morgan fingerprint density at radius 2 is 1.82 bits per heavy atom. The Hall–Kier alpha value is -2.70. The van der Waals surface area contributed by atoms with E-state index in [1.807, 2.05) is 0 Å². The first-order valence-corrected chi connectivity index (χ1v) is 9.95. The summed E-state index contributed by atoms with van der Waals surface area (Å²) in [6, 6.07) is 5.67. The summed E-state index contributed by atoms with van der Waals surface area (Å²) in [6.45, 7) is 0. The normalized spacial score (nSPS) is 21.8. The van der Waals surface area contributed by atoms with E-state index in [1.165, 1.54) is 12.1 Å². The van der Waals surface area contributed by atoms with E-state index in [0.29, 0.717) is 18.5 Å². The van der Waals surface area contributed by atoms with Gasteiger partial charge >= 0.3 is 5.97 Å². The van der Waals surface area contributed by atoms with Crippen LogP contribution in [0.15, 0.2) is 24.3 Å². The second-order valence-electron chi connectivity index (χ2n) is 7.68. The van der Waals surface area contributed by atoms with Gasteiger partial charge in [-0.05, 0) is 56.4 Å². The number of carbonyl (C=O) groups excluding carboxylic acids is 1. The standard InChI is InChI=1S/C21H24FN3O3/c22-13-9-11-14(12-10-13)25-18-8-4-6-16(18)19(24-25)20(26)23-17-7-3-1-2-5-15(17)21(27)28/h9-12,15,17H,1-8H2,(H,23,26)(H,27,28)/t15-,17+/m1/s1. The maximum Gasteiger partial charge on any atom is 0.308 e. The molecule has 0 radical (unpaired) electrons. The molecular weight excluding hydrogens is 361 g/mol. The van der Waals surface area contributed by atoms with Gasteiger partial charge in [-0.25, -0.2) is 9.07 Å². The maximum atomic E-state index is 13.3. The van der Waals surface area contributed by atoms with Crippen LogP contribution in [-0.4, -0.2) is 32.8 Å². The van der Waals surface area contributed by atoms with Gasteiger partial charge in [-0.1, -0.05) is 19.3 Å². The van der Waals surface area contributed by atoms with Gasteiger partial charge in [0, 0.05) is 17.3 Å². The lowest BCUT2D eigenvalue weighted by Gasteiger charge is -2.22. The summed E-state index contributed by atoms with van der Waals surface area (Å²) in [5, 5.41) is 17.0. The number of halogens is 1. The predicted octanol–water partition coefficient (Wildman–Crippen LogP) is 3.26. The molecule has 1 saturated carbocycles. The van der Waals surface area contributed by atoms with Gasteiger partial charge < -0.3 is 10.4 Å². The van der Waals surface area contributed by atoms with Gasteiger partial charge in [-0.15, -0.1) is 0 Å². The molecule has 0 saturated heterocycles. The van der Waals surface area contributed by atoms with Crippen molar-refractivity contribution in [3.63, 3.8) is 0 Å². The Kier molecular flexibility index (Phi) is 5.15. The van der Waals surface area contributed by atoms with Crippen molar-refractivity contribution in [3.8, 4) is 5.69 Å². The zero-order chi connectivity index (χ0) is 19.7. The summed E-state index contributed by atoms with van der Waals surface area (Å²) in [5.74, 6) is -2.04. The van der Waals surface area contributed by atoms with Crippen LogP contribution in [0.4, 0.5) is 4.39 Å². The number of rotatable bonds is 4. The fraction of sp³-hybridized carbons (Fsp3) is 0.476. The summed E-state index contributed by atoms with van der Waals surface area (Å²) in [5.41, 5.74) is 2.98. The average Bonchev–Trinajstić information content (AvgIpc) is 3.19.